The summed E-state index contributed by atoms with van der Waals surface area (Å²) in [4.78, 5) is 32.0. The molecule has 0 saturated carbocycles. The number of halogens is 3. The van der Waals surface area contributed by atoms with E-state index in [1.54, 1.807) is 14.1 Å². The number of amides is 2. The van der Waals surface area contributed by atoms with Gasteiger partial charge >= 0.3 is 6.18 Å². The second kappa shape index (κ2) is 8.82. The molecule has 1 saturated heterocycles. The summed E-state index contributed by atoms with van der Waals surface area (Å²) in [6, 6.07) is 3.04. The van der Waals surface area contributed by atoms with Gasteiger partial charge in [-0.15, -0.1) is 0 Å². The van der Waals surface area contributed by atoms with Crippen molar-refractivity contribution in [1.29, 1.82) is 0 Å². The fraction of sp³-hybridized carbons (Fsp3) is 0.474. The number of rotatable bonds is 5. The Labute approximate surface area is 171 Å². The highest BCUT2D eigenvalue weighted by atomic mass is 19.4. The zero-order valence-electron chi connectivity index (χ0n) is 16.7. The molecule has 8 nitrogen and oxygen atoms in total. The molecule has 1 aliphatic rings. The van der Waals surface area contributed by atoms with Crippen molar-refractivity contribution in [2.45, 2.75) is 19.0 Å². The molecule has 2 heterocycles. The Morgan fingerprint density at radius 3 is 2.70 bits per heavy atom. The van der Waals surface area contributed by atoms with Crippen LogP contribution in [0.5, 0.6) is 0 Å². The number of anilines is 1. The highest BCUT2D eigenvalue weighted by Gasteiger charge is 2.32. The third-order valence-electron chi connectivity index (χ3n) is 4.93. The molecule has 0 bridgehead atoms. The molecule has 0 spiro atoms. The van der Waals surface area contributed by atoms with E-state index >= 15 is 0 Å². The number of carbonyl (C=O) groups excluding carboxylic acids is 2. The van der Waals surface area contributed by atoms with Crippen molar-refractivity contribution < 1.29 is 22.8 Å². The molecule has 30 heavy (non-hydrogen) atoms. The molecule has 1 atom stereocenters. The minimum absolute atomic E-state index is 0.00598. The monoisotopic (exact) mass is 424 g/mol. The van der Waals surface area contributed by atoms with Gasteiger partial charge in [0, 0.05) is 20.6 Å². The van der Waals surface area contributed by atoms with E-state index in [2.05, 4.69) is 15.4 Å². The summed E-state index contributed by atoms with van der Waals surface area (Å²) >= 11 is 0. The first kappa shape index (κ1) is 21.8. The van der Waals surface area contributed by atoms with Gasteiger partial charge in [0.05, 0.1) is 29.4 Å². The van der Waals surface area contributed by atoms with Gasteiger partial charge < -0.3 is 10.2 Å². The fourth-order valence-electron chi connectivity index (χ4n) is 3.50. The second-order valence-corrected chi connectivity index (χ2v) is 7.42. The molecule has 0 aliphatic carbocycles. The van der Waals surface area contributed by atoms with Crippen LogP contribution < -0.4 is 5.32 Å². The lowest BCUT2D eigenvalue weighted by Crippen LogP contribution is -2.45. The number of aromatic nitrogens is 3. The Hall–Kier alpha value is -2.95. The van der Waals surface area contributed by atoms with Gasteiger partial charge in [0.2, 0.25) is 11.8 Å². The molecule has 1 fully saturated rings. The second-order valence-electron chi connectivity index (χ2n) is 7.42. The van der Waals surface area contributed by atoms with Crippen LogP contribution in [0.4, 0.5) is 18.9 Å². The highest BCUT2D eigenvalue weighted by molar-refractivity contribution is 5.94. The van der Waals surface area contributed by atoms with Gasteiger partial charge in [-0.25, -0.2) is 9.67 Å². The van der Waals surface area contributed by atoms with Gasteiger partial charge in [-0.1, -0.05) is 0 Å². The maximum absolute atomic E-state index is 13.1. The van der Waals surface area contributed by atoms with Crippen molar-refractivity contribution >= 4 is 17.5 Å². The van der Waals surface area contributed by atoms with Crippen molar-refractivity contribution in [1.82, 2.24) is 24.6 Å². The summed E-state index contributed by atoms with van der Waals surface area (Å²) in [6.07, 6.45) is -0.448. The summed E-state index contributed by atoms with van der Waals surface area (Å²) in [6.45, 7) is 1.05. The molecule has 1 unspecified atom stereocenters. The first-order chi connectivity index (χ1) is 14.1. The number of carbonyl (C=O) groups is 2. The van der Waals surface area contributed by atoms with Gasteiger partial charge in [0.1, 0.15) is 12.7 Å². The molecule has 11 heteroatoms. The molecule has 2 aromatic rings. The topological polar surface area (TPSA) is 83.4 Å². The van der Waals surface area contributed by atoms with Crippen LogP contribution in [0, 0.1) is 5.92 Å². The number of hydrogen-bond donors (Lipinski definition) is 1. The number of nitrogens with one attached hydrogen (secondary N) is 1. The predicted molar refractivity (Wildman–Crippen MR) is 103 cm³/mol. The predicted octanol–water partition coefficient (Wildman–Crippen LogP) is 2.02. The first-order valence-corrected chi connectivity index (χ1v) is 9.45. The van der Waals surface area contributed by atoms with Crippen LogP contribution in [0.15, 0.2) is 30.9 Å². The van der Waals surface area contributed by atoms with Crippen LogP contribution in [-0.4, -0.2) is 70.1 Å². The lowest BCUT2D eigenvalue weighted by Gasteiger charge is -2.32. The average Bonchev–Trinajstić information content (AvgIpc) is 3.21. The van der Waals surface area contributed by atoms with E-state index in [1.807, 2.05) is 4.90 Å². The van der Waals surface area contributed by atoms with Gasteiger partial charge in [-0.2, -0.15) is 18.3 Å². The molecular weight excluding hydrogens is 401 g/mol. The van der Waals surface area contributed by atoms with Crippen LogP contribution in [0.25, 0.3) is 5.69 Å². The number of benzene rings is 1. The van der Waals surface area contributed by atoms with Crippen molar-refractivity contribution in [2.24, 2.45) is 5.92 Å². The summed E-state index contributed by atoms with van der Waals surface area (Å²) < 4.78 is 40.7. The van der Waals surface area contributed by atoms with Crippen LogP contribution in [0.2, 0.25) is 0 Å². The largest absolute Gasteiger partial charge is 0.416 e. The minimum atomic E-state index is -4.55. The Kier molecular flexibility index (Phi) is 6.40. The standard InChI is InChI=1S/C19H23F3N6O2/c1-26(2)18(30)13-4-3-7-27(9-13)10-17(29)25-15-8-14(19(20,21)22)5-6-16(15)28-12-23-11-24-28/h5-6,8,11-13H,3-4,7,9-10H2,1-2H3,(H,25,29). The summed E-state index contributed by atoms with van der Waals surface area (Å²) in [7, 11) is 3.38. The Balaban J connectivity index is 1.74. The van der Waals surface area contributed by atoms with Gasteiger partial charge in [0.25, 0.3) is 0 Å². The Morgan fingerprint density at radius 2 is 2.07 bits per heavy atom. The van der Waals surface area contributed by atoms with E-state index in [4.69, 9.17) is 0 Å². The lowest BCUT2D eigenvalue weighted by molar-refractivity contribution is -0.137. The van der Waals surface area contributed by atoms with E-state index < -0.39 is 17.6 Å². The van der Waals surface area contributed by atoms with E-state index in [9.17, 15) is 22.8 Å². The maximum Gasteiger partial charge on any atom is 0.416 e. The molecule has 2 amide bonds. The van der Waals surface area contributed by atoms with Crippen LogP contribution in [-0.2, 0) is 15.8 Å². The van der Waals surface area contributed by atoms with Gasteiger partial charge in [-0.3, -0.25) is 14.5 Å². The quantitative estimate of drug-likeness (QED) is 0.794. The van der Waals surface area contributed by atoms with Crippen molar-refractivity contribution in [3.8, 4) is 5.69 Å². The van der Waals surface area contributed by atoms with Crippen molar-refractivity contribution in [3.63, 3.8) is 0 Å². The molecule has 1 aromatic carbocycles. The number of hydrogen-bond acceptors (Lipinski definition) is 5. The average molecular weight is 424 g/mol. The van der Waals surface area contributed by atoms with E-state index in [1.165, 1.54) is 28.3 Å². The molecule has 1 N–H and O–H groups in total. The molecule has 1 aliphatic heterocycles. The normalized spacial score (nSPS) is 17.6. The molecule has 1 aromatic heterocycles. The number of likely N-dealkylation sites (tertiary alicyclic amines) is 1. The minimum Gasteiger partial charge on any atom is -0.349 e. The summed E-state index contributed by atoms with van der Waals surface area (Å²) in [5, 5.41) is 6.49. The molecule has 0 radical (unpaired) electrons. The van der Waals surface area contributed by atoms with E-state index in [0.29, 0.717) is 13.1 Å². The third kappa shape index (κ3) is 5.15. The zero-order chi connectivity index (χ0) is 21.9. The lowest BCUT2D eigenvalue weighted by atomic mass is 9.97. The summed E-state index contributed by atoms with van der Waals surface area (Å²) in [5.74, 6) is -0.652. The Bertz CT molecular complexity index is 898. The van der Waals surface area contributed by atoms with Crippen LogP contribution in [0.1, 0.15) is 18.4 Å². The van der Waals surface area contributed by atoms with Gasteiger partial charge in [0.15, 0.2) is 0 Å². The van der Waals surface area contributed by atoms with Gasteiger partial charge in [-0.05, 0) is 37.6 Å². The van der Waals surface area contributed by atoms with E-state index in [0.717, 1.165) is 25.0 Å². The van der Waals surface area contributed by atoms with Crippen molar-refractivity contribution in [3.05, 3.63) is 36.4 Å². The first-order valence-electron chi connectivity index (χ1n) is 9.45. The SMILES string of the molecule is CN(C)C(=O)C1CCCN(CC(=O)Nc2cc(C(F)(F)F)ccc2-n2cncn2)C1. The smallest absolute Gasteiger partial charge is 0.349 e. The zero-order valence-corrected chi connectivity index (χ0v) is 16.7. The number of piperidine rings is 1. The maximum atomic E-state index is 13.1. The van der Waals surface area contributed by atoms with Crippen LogP contribution in [0.3, 0.4) is 0 Å². The van der Waals surface area contributed by atoms with Crippen molar-refractivity contribution in [2.75, 3.05) is 39.0 Å². The highest BCUT2D eigenvalue weighted by Crippen LogP contribution is 2.33. The molecule has 3 rings (SSSR count). The Morgan fingerprint density at radius 1 is 1.30 bits per heavy atom. The third-order valence-corrected chi connectivity index (χ3v) is 4.93. The molecular formula is C19H23F3N6O2. The van der Waals surface area contributed by atoms with E-state index in [-0.39, 0.29) is 29.7 Å². The summed E-state index contributed by atoms with van der Waals surface area (Å²) in [5.41, 5.74) is -0.623. The molecule has 162 valence electrons. The number of nitrogens with zero attached hydrogens (tertiary/aromatic N) is 5. The fourth-order valence-corrected chi connectivity index (χ4v) is 3.50. The number of alkyl halides is 3. The van der Waals surface area contributed by atoms with Crippen LogP contribution >= 0.6 is 0 Å².